The molecule has 2 fully saturated rings. The van der Waals surface area contributed by atoms with Gasteiger partial charge in [0, 0.05) is 31.6 Å². The van der Waals surface area contributed by atoms with Crippen LogP contribution >= 0.6 is 0 Å². The lowest BCUT2D eigenvalue weighted by atomic mass is 9.83. The molecule has 1 amide bonds. The van der Waals surface area contributed by atoms with Gasteiger partial charge in [-0.05, 0) is 70.0 Å². The fourth-order valence-corrected chi connectivity index (χ4v) is 4.58. The van der Waals surface area contributed by atoms with Crippen molar-refractivity contribution in [2.24, 2.45) is 0 Å². The van der Waals surface area contributed by atoms with Gasteiger partial charge >= 0.3 is 0 Å². The Bertz CT molecular complexity index is 582. The summed E-state index contributed by atoms with van der Waals surface area (Å²) in [6, 6.07) is 9.62. The highest BCUT2D eigenvalue weighted by Gasteiger charge is 2.35. The Balaban J connectivity index is 1.83. The van der Waals surface area contributed by atoms with Gasteiger partial charge in [0.15, 0.2) is 0 Å². The number of likely N-dealkylation sites (tertiary alicyclic amines) is 2. The van der Waals surface area contributed by atoms with Crippen LogP contribution in [0.4, 0.5) is 0 Å². The number of amides is 1. The Morgan fingerprint density at radius 2 is 1.62 bits per heavy atom. The Hall–Kier alpha value is -1.35. The van der Waals surface area contributed by atoms with Crippen molar-refractivity contribution in [3.63, 3.8) is 0 Å². The topological polar surface area (TPSA) is 23.6 Å². The molecule has 0 saturated carbocycles. The maximum Gasteiger partial charge on any atom is 0.219 e. The molecule has 1 aromatic carbocycles. The number of benzene rings is 1. The van der Waals surface area contributed by atoms with Crippen molar-refractivity contribution in [2.75, 3.05) is 19.6 Å². The van der Waals surface area contributed by atoms with Gasteiger partial charge in [-0.25, -0.2) is 0 Å². The minimum absolute atomic E-state index is 0.215. The van der Waals surface area contributed by atoms with Crippen LogP contribution in [0.3, 0.4) is 0 Å². The van der Waals surface area contributed by atoms with E-state index in [1.54, 1.807) is 6.92 Å². The van der Waals surface area contributed by atoms with Gasteiger partial charge in [0.1, 0.15) is 0 Å². The molecule has 24 heavy (non-hydrogen) atoms. The van der Waals surface area contributed by atoms with Crippen LogP contribution in [0.5, 0.6) is 0 Å². The second kappa shape index (κ2) is 6.87. The summed E-state index contributed by atoms with van der Waals surface area (Å²) in [6.07, 6.45) is 4.75. The molecule has 0 N–H and O–H groups in total. The number of nitrogens with zero attached hydrogens (tertiary/aromatic N) is 2. The van der Waals surface area contributed by atoms with Crippen molar-refractivity contribution in [1.82, 2.24) is 9.80 Å². The summed E-state index contributed by atoms with van der Waals surface area (Å²) in [5, 5.41) is 0. The van der Waals surface area contributed by atoms with Crippen molar-refractivity contribution in [3.8, 4) is 0 Å². The van der Waals surface area contributed by atoms with Crippen LogP contribution in [-0.2, 0) is 4.79 Å². The van der Waals surface area contributed by atoms with Gasteiger partial charge in [0.25, 0.3) is 0 Å². The molecule has 3 heteroatoms. The molecule has 3 nitrogen and oxygen atoms in total. The van der Waals surface area contributed by atoms with Crippen molar-refractivity contribution < 1.29 is 4.79 Å². The maximum atomic E-state index is 11.6. The van der Waals surface area contributed by atoms with E-state index in [4.69, 9.17) is 0 Å². The van der Waals surface area contributed by atoms with E-state index in [1.807, 2.05) is 4.90 Å². The lowest BCUT2D eigenvalue weighted by molar-refractivity contribution is -0.129. The zero-order valence-electron chi connectivity index (χ0n) is 15.7. The molecular weight excluding hydrogens is 296 g/mol. The number of carbonyl (C=O) groups is 1. The number of piperidine rings is 1. The molecule has 0 aromatic heterocycles. The summed E-state index contributed by atoms with van der Waals surface area (Å²) >= 11 is 0. The number of carbonyl (C=O) groups excluding carboxylic acids is 1. The summed E-state index contributed by atoms with van der Waals surface area (Å²) in [6.45, 7) is 11.7. The SMILES string of the molecule is CC(=O)N1CCC(c2ccccc2[C@H]2CCCN2C(C)(C)C)CC1. The zero-order valence-corrected chi connectivity index (χ0v) is 15.7. The normalized spacial score (nSPS) is 23.7. The van der Waals surface area contributed by atoms with Crippen molar-refractivity contribution in [1.29, 1.82) is 0 Å². The minimum atomic E-state index is 0.215. The third-order valence-corrected chi connectivity index (χ3v) is 5.85. The van der Waals surface area contributed by atoms with Crippen molar-refractivity contribution in [2.45, 2.75) is 70.9 Å². The lowest BCUT2D eigenvalue weighted by Crippen LogP contribution is -2.41. The first-order chi connectivity index (χ1) is 11.4. The van der Waals surface area contributed by atoms with Gasteiger partial charge in [-0.3, -0.25) is 9.69 Å². The molecule has 0 bridgehead atoms. The van der Waals surface area contributed by atoms with Crippen LogP contribution in [0, 0.1) is 0 Å². The quantitative estimate of drug-likeness (QED) is 0.806. The molecular formula is C21H32N2O. The van der Waals surface area contributed by atoms with Crippen LogP contribution in [0.2, 0.25) is 0 Å². The first kappa shape index (κ1) is 17.5. The average Bonchev–Trinajstić information content (AvgIpc) is 3.05. The highest BCUT2D eigenvalue weighted by Crippen LogP contribution is 2.41. The summed E-state index contributed by atoms with van der Waals surface area (Å²) in [7, 11) is 0. The molecule has 2 aliphatic rings. The smallest absolute Gasteiger partial charge is 0.219 e. The van der Waals surface area contributed by atoms with Crippen molar-refractivity contribution >= 4 is 5.91 Å². The monoisotopic (exact) mass is 328 g/mol. The van der Waals surface area contributed by atoms with Crippen LogP contribution in [-0.4, -0.2) is 40.9 Å². The predicted octanol–water partition coefficient (Wildman–Crippen LogP) is 4.35. The van der Waals surface area contributed by atoms with Crippen LogP contribution < -0.4 is 0 Å². The van der Waals surface area contributed by atoms with Crippen LogP contribution in [0.25, 0.3) is 0 Å². The first-order valence-corrected chi connectivity index (χ1v) is 9.49. The predicted molar refractivity (Wildman–Crippen MR) is 99.1 cm³/mol. The van der Waals surface area contributed by atoms with Crippen LogP contribution in [0.15, 0.2) is 24.3 Å². The fraction of sp³-hybridized carbons (Fsp3) is 0.667. The fourth-order valence-electron chi connectivity index (χ4n) is 4.58. The van der Waals surface area contributed by atoms with Gasteiger partial charge in [-0.2, -0.15) is 0 Å². The molecule has 2 aliphatic heterocycles. The molecule has 0 aliphatic carbocycles. The van der Waals surface area contributed by atoms with Crippen LogP contribution in [0.1, 0.15) is 76.5 Å². The second-order valence-corrected chi connectivity index (χ2v) is 8.43. The minimum Gasteiger partial charge on any atom is -0.343 e. The lowest BCUT2D eigenvalue weighted by Gasteiger charge is -2.39. The standard InChI is InChI=1S/C21H32N2O/c1-16(24)22-14-11-17(12-15-22)18-8-5-6-9-19(18)20-10-7-13-23(20)21(2,3)4/h5-6,8-9,17,20H,7,10-15H2,1-4H3/t20-/m1/s1. The van der Waals surface area contributed by atoms with E-state index in [0.29, 0.717) is 12.0 Å². The summed E-state index contributed by atoms with van der Waals surface area (Å²) in [5.74, 6) is 0.815. The van der Waals surface area contributed by atoms with E-state index in [2.05, 4.69) is 49.9 Å². The largest absolute Gasteiger partial charge is 0.343 e. The van der Waals surface area contributed by atoms with Gasteiger partial charge in [0.05, 0.1) is 0 Å². The molecule has 0 unspecified atom stereocenters. The van der Waals surface area contributed by atoms with Crippen molar-refractivity contribution in [3.05, 3.63) is 35.4 Å². The van der Waals surface area contributed by atoms with E-state index in [9.17, 15) is 4.79 Å². The molecule has 2 heterocycles. The summed E-state index contributed by atoms with van der Waals surface area (Å²) in [5.41, 5.74) is 3.28. The third kappa shape index (κ3) is 3.51. The Morgan fingerprint density at radius 3 is 2.21 bits per heavy atom. The van der Waals surface area contributed by atoms with E-state index in [0.717, 1.165) is 25.9 Å². The molecule has 0 radical (unpaired) electrons. The van der Waals surface area contributed by atoms with E-state index in [-0.39, 0.29) is 11.4 Å². The summed E-state index contributed by atoms with van der Waals surface area (Å²) in [4.78, 5) is 16.3. The Morgan fingerprint density at radius 1 is 1.00 bits per heavy atom. The average molecular weight is 329 g/mol. The van der Waals surface area contributed by atoms with Gasteiger partial charge < -0.3 is 4.90 Å². The molecule has 3 rings (SSSR count). The second-order valence-electron chi connectivity index (χ2n) is 8.43. The molecule has 132 valence electrons. The Labute approximate surface area is 147 Å². The maximum absolute atomic E-state index is 11.6. The number of hydrogen-bond acceptors (Lipinski definition) is 2. The van der Waals surface area contributed by atoms with E-state index < -0.39 is 0 Å². The highest BCUT2D eigenvalue weighted by atomic mass is 16.2. The van der Waals surface area contributed by atoms with E-state index >= 15 is 0 Å². The molecule has 2 saturated heterocycles. The highest BCUT2D eigenvalue weighted by molar-refractivity contribution is 5.73. The summed E-state index contributed by atoms with van der Waals surface area (Å²) < 4.78 is 0. The van der Waals surface area contributed by atoms with Gasteiger partial charge in [-0.1, -0.05) is 24.3 Å². The number of hydrogen-bond donors (Lipinski definition) is 0. The van der Waals surface area contributed by atoms with Gasteiger partial charge in [0.2, 0.25) is 5.91 Å². The molecule has 1 aromatic rings. The number of rotatable bonds is 2. The zero-order chi connectivity index (χ0) is 17.3. The molecule has 0 spiro atoms. The Kier molecular flexibility index (Phi) is 5.00. The molecule has 1 atom stereocenters. The van der Waals surface area contributed by atoms with Gasteiger partial charge in [-0.15, -0.1) is 0 Å². The first-order valence-electron chi connectivity index (χ1n) is 9.49. The third-order valence-electron chi connectivity index (χ3n) is 5.85. The van der Waals surface area contributed by atoms with E-state index in [1.165, 1.54) is 30.5 Å².